The summed E-state index contributed by atoms with van der Waals surface area (Å²) in [4.78, 5) is 24.8. The average molecular weight is 615 g/mol. The van der Waals surface area contributed by atoms with Crippen molar-refractivity contribution < 1.29 is 33.8 Å². The van der Waals surface area contributed by atoms with Gasteiger partial charge in [-0.2, -0.15) is 9.97 Å². The molecule has 1 aliphatic carbocycles. The van der Waals surface area contributed by atoms with E-state index in [0.717, 1.165) is 50.3 Å². The van der Waals surface area contributed by atoms with Crippen molar-refractivity contribution in [2.24, 2.45) is 0 Å². The molecule has 0 spiro atoms. The molecule has 2 aromatic rings. The number of aliphatic hydroxyl groups excluding tert-OH is 1. The fourth-order valence-electron chi connectivity index (χ4n) is 5.21. The predicted molar refractivity (Wildman–Crippen MR) is 149 cm³/mol. The fraction of sp³-hybridized carbons (Fsp3) is 0.667. The number of nitrogens with zero attached hydrogens (tertiary/aromatic N) is 5. The first-order valence-corrected chi connectivity index (χ1v) is 15.7. The number of terminal acetylenes is 1. The lowest BCUT2D eigenvalue weighted by Crippen LogP contribution is -2.48. The number of aliphatic carboxylic acids is 1. The van der Waals surface area contributed by atoms with Crippen LogP contribution in [0.25, 0.3) is 11.2 Å². The van der Waals surface area contributed by atoms with Gasteiger partial charge in [0, 0.05) is 19.1 Å². The van der Waals surface area contributed by atoms with Crippen molar-refractivity contribution in [3.05, 3.63) is 11.6 Å². The Kier molecular flexibility index (Phi) is 9.17. The third-order valence-electron chi connectivity index (χ3n) is 7.38. The number of thioether (sulfide) groups is 1. The molecule has 0 aromatic carbocycles. The van der Waals surface area contributed by atoms with Crippen LogP contribution in [0.3, 0.4) is 0 Å². The summed E-state index contributed by atoms with van der Waals surface area (Å²) in [6.45, 7) is 0.951. The van der Waals surface area contributed by atoms with Crippen LogP contribution in [-0.2, 0) is 25.3 Å². The lowest BCUT2D eigenvalue weighted by atomic mass is 9.93. The molecule has 2 unspecified atom stereocenters. The van der Waals surface area contributed by atoms with Gasteiger partial charge in [-0.1, -0.05) is 18.8 Å². The molecule has 2 saturated heterocycles. The van der Waals surface area contributed by atoms with E-state index >= 15 is 0 Å². The molecule has 0 bridgehead atoms. The number of carbonyl (C=O) groups is 1. The molecule has 4 heterocycles. The molecule has 40 heavy (non-hydrogen) atoms. The topological polar surface area (TPSA) is 172 Å². The fourth-order valence-corrected chi connectivity index (χ4v) is 7.91. The van der Waals surface area contributed by atoms with Crippen LogP contribution >= 0.6 is 23.4 Å². The van der Waals surface area contributed by atoms with E-state index < -0.39 is 53.0 Å². The number of aromatic nitrogens is 4. The first-order valence-electron chi connectivity index (χ1n) is 13.0. The first-order chi connectivity index (χ1) is 19.2. The molecule has 2 aliphatic heterocycles. The second-order valence-corrected chi connectivity index (χ2v) is 13.2. The molecule has 0 radical (unpaired) electrons. The van der Waals surface area contributed by atoms with Gasteiger partial charge in [-0.3, -0.25) is 4.57 Å². The van der Waals surface area contributed by atoms with E-state index in [-0.39, 0.29) is 22.1 Å². The minimum atomic E-state index is -2.21. The summed E-state index contributed by atoms with van der Waals surface area (Å²) in [5.41, 5.74) is -2.94. The molecule has 3 aliphatic rings. The molecule has 16 heteroatoms. The number of fused-ring (bicyclic) bond motifs is 1. The molecule has 5 rings (SSSR count). The SMILES string of the molecule is C#C[C@@]1(O)[C@@H](COC(SCS(=O)N2CCCC2)C(=O)O)O[C@@H](n2cnc3c(NC4CCCC4)nc(Cl)nc32)[C@@H]1O. The zero-order valence-corrected chi connectivity index (χ0v) is 23.9. The molecule has 3 fully saturated rings. The molecular formula is C24H31ClN6O7S2. The predicted octanol–water partition coefficient (Wildman–Crippen LogP) is 1.33. The van der Waals surface area contributed by atoms with Crippen LogP contribution in [0.1, 0.15) is 44.8 Å². The monoisotopic (exact) mass is 614 g/mol. The lowest BCUT2D eigenvalue weighted by Gasteiger charge is -2.26. The highest BCUT2D eigenvalue weighted by molar-refractivity contribution is 8.10. The van der Waals surface area contributed by atoms with Crippen molar-refractivity contribution in [1.29, 1.82) is 0 Å². The number of ether oxygens (including phenoxy) is 2. The molecule has 1 saturated carbocycles. The van der Waals surface area contributed by atoms with Crippen LogP contribution in [0.4, 0.5) is 5.82 Å². The Morgan fingerprint density at radius 3 is 2.75 bits per heavy atom. The van der Waals surface area contributed by atoms with Crippen molar-refractivity contribution >= 4 is 57.3 Å². The third-order valence-corrected chi connectivity index (χ3v) is 10.5. The lowest BCUT2D eigenvalue weighted by molar-refractivity contribution is -0.148. The molecule has 0 amide bonds. The second-order valence-electron chi connectivity index (χ2n) is 9.97. The molecule has 218 valence electrons. The Morgan fingerprint density at radius 1 is 1.35 bits per heavy atom. The van der Waals surface area contributed by atoms with Gasteiger partial charge in [0.25, 0.3) is 0 Å². The second kappa shape index (κ2) is 12.5. The highest BCUT2D eigenvalue weighted by atomic mass is 35.5. The highest BCUT2D eigenvalue weighted by Crippen LogP contribution is 2.39. The zero-order chi connectivity index (χ0) is 28.4. The Hall–Kier alpha value is -2.03. The Balaban J connectivity index is 1.31. The van der Waals surface area contributed by atoms with Gasteiger partial charge >= 0.3 is 5.97 Å². The molecule has 6 atom stereocenters. The molecule has 13 nitrogen and oxygen atoms in total. The van der Waals surface area contributed by atoms with Crippen molar-refractivity contribution in [1.82, 2.24) is 23.8 Å². The van der Waals surface area contributed by atoms with Gasteiger partial charge in [-0.05, 0) is 37.3 Å². The number of anilines is 1. The summed E-state index contributed by atoms with van der Waals surface area (Å²) in [5.74, 6) is 1.35. The zero-order valence-electron chi connectivity index (χ0n) is 21.5. The van der Waals surface area contributed by atoms with E-state index in [0.29, 0.717) is 24.4 Å². The number of hydrogen-bond donors (Lipinski definition) is 4. The van der Waals surface area contributed by atoms with Crippen molar-refractivity contribution in [3.63, 3.8) is 0 Å². The third kappa shape index (κ3) is 5.95. The number of imidazole rings is 1. The summed E-state index contributed by atoms with van der Waals surface area (Å²) in [5, 5.41) is 35.2. The Labute approximate surface area is 242 Å². The first kappa shape index (κ1) is 29.5. The summed E-state index contributed by atoms with van der Waals surface area (Å²) in [6, 6.07) is 0.230. The maximum atomic E-state index is 12.5. The number of rotatable bonds is 11. The number of carboxylic acids is 1. The number of aliphatic hydroxyl groups is 2. The van der Waals surface area contributed by atoms with Crippen molar-refractivity contribution in [2.75, 3.05) is 30.1 Å². The maximum Gasteiger partial charge on any atom is 0.343 e. The van der Waals surface area contributed by atoms with E-state index in [1.807, 2.05) is 0 Å². The number of hydrogen-bond acceptors (Lipinski definition) is 11. The van der Waals surface area contributed by atoms with Gasteiger partial charge in [-0.25, -0.2) is 18.3 Å². The smallest absolute Gasteiger partial charge is 0.343 e. The largest absolute Gasteiger partial charge is 0.479 e. The van der Waals surface area contributed by atoms with Crippen LogP contribution in [0.2, 0.25) is 5.28 Å². The summed E-state index contributed by atoms with van der Waals surface area (Å²) in [6.07, 6.45) is 8.94. The van der Waals surface area contributed by atoms with Gasteiger partial charge in [0.15, 0.2) is 28.8 Å². The number of carboxylic acid groups (broad SMARTS) is 1. The number of nitrogens with one attached hydrogen (secondary N) is 1. The quantitative estimate of drug-likeness (QED) is 0.163. The molecular weight excluding hydrogens is 584 g/mol. The average Bonchev–Trinajstić information content (AvgIpc) is 3.73. The minimum Gasteiger partial charge on any atom is -0.479 e. The van der Waals surface area contributed by atoms with Crippen LogP contribution in [0.15, 0.2) is 6.33 Å². The molecule has 2 aromatic heterocycles. The number of halogens is 1. The maximum absolute atomic E-state index is 12.5. The highest BCUT2D eigenvalue weighted by Gasteiger charge is 2.56. The van der Waals surface area contributed by atoms with Gasteiger partial charge in [-0.15, -0.1) is 18.2 Å². The Bertz CT molecular complexity index is 1300. The van der Waals surface area contributed by atoms with E-state index in [1.54, 1.807) is 4.31 Å². The van der Waals surface area contributed by atoms with Crippen molar-refractivity contribution in [3.8, 4) is 12.3 Å². The van der Waals surface area contributed by atoms with E-state index in [9.17, 15) is 24.3 Å². The summed E-state index contributed by atoms with van der Waals surface area (Å²) in [7, 11) is -1.34. The normalized spacial score (nSPS) is 29.1. The van der Waals surface area contributed by atoms with E-state index in [2.05, 4.69) is 26.2 Å². The standard InChI is InChI=1S/C24H31ClN6O7S2/c1-2-24(35)15(11-37-22(21(33)34)39-13-40(36)30-9-5-6-10-30)38-20(17(24)32)31-12-26-16-18(27-14-7-3-4-8-14)28-23(25)29-19(16)31/h1,12,14-15,17,20,22,32,35H,3-11,13H2,(H,33,34)(H,27,28,29)/t15-,17+,20-,22?,24-,40?/m1/s1. The Morgan fingerprint density at radius 2 is 2.08 bits per heavy atom. The minimum absolute atomic E-state index is 0.0336. The molecule has 4 N–H and O–H groups in total. The van der Waals surface area contributed by atoms with Crippen LogP contribution in [0.5, 0.6) is 0 Å². The van der Waals surface area contributed by atoms with Crippen LogP contribution < -0.4 is 5.32 Å². The van der Waals surface area contributed by atoms with Gasteiger partial charge in [0.2, 0.25) is 10.7 Å². The van der Waals surface area contributed by atoms with Gasteiger partial charge in [0.05, 0.1) is 18.0 Å². The van der Waals surface area contributed by atoms with Gasteiger partial charge in [0.1, 0.15) is 23.2 Å². The summed E-state index contributed by atoms with van der Waals surface area (Å²) >= 11 is 7.07. The van der Waals surface area contributed by atoms with E-state index in [1.165, 1.54) is 10.9 Å². The van der Waals surface area contributed by atoms with Crippen LogP contribution in [-0.4, -0.2) is 103 Å². The van der Waals surface area contributed by atoms with Crippen LogP contribution in [0, 0.1) is 12.3 Å². The summed E-state index contributed by atoms with van der Waals surface area (Å²) < 4.78 is 27.2. The van der Waals surface area contributed by atoms with E-state index in [4.69, 9.17) is 27.5 Å². The van der Waals surface area contributed by atoms with Crippen molar-refractivity contribution in [2.45, 2.75) is 74.0 Å². The van der Waals surface area contributed by atoms with Gasteiger partial charge < -0.3 is 30.1 Å².